The number of hydrogen-bond donors (Lipinski definition) is 4. The smallest absolute Gasteiger partial charge is 0.0483 e. The summed E-state index contributed by atoms with van der Waals surface area (Å²) in [7, 11) is 0. The van der Waals surface area contributed by atoms with E-state index in [9.17, 15) is 0 Å². The van der Waals surface area contributed by atoms with E-state index in [0.717, 1.165) is 32.2 Å². The Labute approximate surface area is 273 Å². The number of hydrogen-bond acceptors (Lipinski definition) is 4. The van der Waals surface area contributed by atoms with Gasteiger partial charge in [-0.2, -0.15) is 0 Å². The largest absolute Gasteiger partial charge is 0.384 e. The molecular weight excluding hydrogens is 548 g/mol. The molecule has 4 nitrogen and oxygen atoms in total. The molecule has 0 aromatic heterocycles. The summed E-state index contributed by atoms with van der Waals surface area (Å²) in [4.78, 5) is 0. The van der Waals surface area contributed by atoms with Crippen molar-refractivity contribution in [2.75, 3.05) is 19.6 Å². The van der Waals surface area contributed by atoms with Crippen LogP contribution in [0.4, 0.5) is 0 Å². The van der Waals surface area contributed by atoms with Crippen molar-refractivity contribution in [3.05, 3.63) is 118 Å². The van der Waals surface area contributed by atoms with Crippen LogP contribution in [-0.2, 0) is 0 Å². The van der Waals surface area contributed by atoms with Crippen LogP contribution in [0.2, 0.25) is 0 Å². The van der Waals surface area contributed by atoms with Gasteiger partial charge < -0.3 is 22.1 Å². The topological polar surface area (TPSA) is 76.1 Å². The summed E-state index contributed by atoms with van der Waals surface area (Å²) in [5.41, 5.74) is 22.3. The van der Waals surface area contributed by atoms with Crippen molar-refractivity contribution >= 4 is 0 Å². The van der Waals surface area contributed by atoms with E-state index in [4.69, 9.17) is 11.5 Å². The molecule has 1 heterocycles. The first-order chi connectivity index (χ1) is 22.1. The Bertz CT molecular complexity index is 1330. The normalized spacial score (nSPS) is 28.0. The number of fused-ring (bicyclic) bond motifs is 1. The Morgan fingerprint density at radius 2 is 1.96 bits per heavy atom. The van der Waals surface area contributed by atoms with E-state index in [-0.39, 0.29) is 0 Å². The first-order valence-electron chi connectivity index (χ1n) is 17.8. The minimum Gasteiger partial charge on any atom is -0.384 e. The van der Waals surface area contributed by atoms with Gasteiger partial charge in [-0.15, -0.1) is 0 Å². The lowest BCUT2D eigenvalue weighted by Gasteiger charge is -2.38. The van der Waals surface area contributed by atoms with Gasteiger partial charge in [-0.3, -0.25) is 0 Å². The highest BCUT2D eigenvalue weighted by Crippen LogP contribution is 2.46. The Hall–Kier alpha value is -2.92. The van der Waals surface area contributed by atoms with Crippen LogP contribution in [0.3, 0.4) is 0 Å². The predicted octanol–water partition coefficient (Wildman–Crippen LogP) is 8.18. The van der Waals surface area contributed by atoms with Crippen LogP contribution in [0, 0.1) is 17.8 Å². The third-order valence-corrected chi connectivity index (χ3v) is 10.8. The van der Waals surface area contributed by atoms with Crippen LogP contribution in [0.25, 0.3) is 0 Å². The van der Waals surface area contributed by atoms with E-state index in [1.54, 1.807) is 16.7 Å². The Kier molecular flexibility index (Phi) is 12.7. The molecule has 4 aliphatic carbocycles. The predicted molar refractivity (Wildman–Crippen MR) is 193 cm³/mol. The maximum atomic E-state index is 6.03. The van der Waals surface area contributed by atoms with Crippen LogP contribution >= 0.6 is 0 Å². The summed E-state index contributed by atoms with van der Waals surface area (Å²) in [6, 6.07) is 0.844. The van der Waals surface area contributed by atoms with Crippen LogP contribution in [0.1, 0.15) is 84.5 Å². The van der Waals surface area contributed by atoms with Gasteiger partial charge in [0, 0.05) is 43.8 Å². The second-order valence-corrected chi connectivity index (χ2v) is 13.6. The quantitative estimate of drug-likeness (QED) is 0.160. The van der Waals surface area contributed by atoms with E-state index < -0.39 is 0 Å². The van der Waals surface area contributed by atoms with Crippen molar-refractivity contribution < 1.29 is 0 Å². The highest BCUT2D eigenvalue weighted by Gasteiger charge is 2.33. The van der Waals surface area contributed by atoms with E-state index in [1.807, 2.05) is 0 Å². The second-order valence-electron chi connectivity index (χ2n) is 13.6. The summed E-state index contributed by atoms with van der Waals surface area (Å²) in [5, 5.41) is 7.57. The average molecular weight is 607 g/mol. The molecule has 0 bridgehead atoms. The van der Waals surface area contributed by atoms with Gasteiger partial charge in [0.2, 0.25) is 0 Å². The molecule has 0 radical (unpaired) electrons. The molecule has 0 spiro atoms. The maximum Gasteiger partial charge on any atom is 0.0483 e. The number of rotatable bonds is 13. The van der Waals surface area contributed by atoms with Gasteiger partial charge in [0.25, 0.3) is 0 Å². The van der Waals surface area contributed by atoms with Crippen LogP contribution in [-0.4, -0.2) is 31.7 Å². The third kappa shape index (κ3) is 8.87. The zero-order valence-electron chi connectivity index (χ0n) is 27.9. The average Bonchev–Trinajstić information content (AvgIpc) is 3.09. The molecule has 1 aliphatic heterocycles. The first kappa shape index (κ1) is 33.4. The molecule has 5 atom stereocenters. The van der Waals surface area contributed by atoms with E-state index >= 15 is 0 Å². The molecular formula is C41H58N4. The van der Waals surface area contributed by atoms with Crippen LogP contribution in [0.15, 0.2) is 118 Å². The highest BCUT2D eigenvalue weighted by atomic mass is 14.9. The van der Waals surface area contributed by atoms with Gasteiger partial charge in [-0.05, 0) is 112 Å². The highest BCUT2D eigenvalue weighted by molar-refractivity contribution is 5.44. The van der Waals surface area contributed by atoms with Crippen LogP contribution < -0.4 is 22.1 Å². The number of nitrogens with two attached hydrogens (primary N) is 2. The molecule has 4 heteroatoms. The number of allylic oxidation sites excluding steroid dienone is 14. The third-order valence-electron chi connectivity index (χ3n) is 10.8. The maximum absolute atomic E-state index is 6.03. The summed E-state index contributed by atoms with van der Waals surface area (Å²) in [5.74, 6) is 1.66. The molecule has 0 aromatic rings. The second kappa shape index (κ2) is 17.1. The van der Waals surface area contributed by atoms with Crippen molar-refractivity contribution in [2.45, 2.75) is 96.6 Å². The molecule has 0 saturated heterocycles. The van der Waals surface area contributed by atoms with Crippen molar-refractivity contribution in [3.8, 4) is 0 Å². The van der Waals surface area contributed by atoms with Gasteiger partial charge in [-0.25, -0.2) is 0 Å². The molecule has 0 amide bonds. The zero-order valence-corrected chi connectivity index (χ0v) is 27.9. The fourth-order valence-corrected chi connectivity index (χ4v) is 7.98. The van der Waals surface area contributed by atoms with Gasteiger partial charge in [0.15, 0.2) is 0 Å². The Balaban J connectivity index is 1.31. The summed E-state index contributed by atoms with van der Waals surface area (Å²) in [6.45, 7) is 6.74. The lowest BCUT2D eigenvalue weighted by atomic mass is 9.66. The summed E-state index contributed by atoms with van der Waals surface area (Å²) < 4.78 is 0. The SMILES string of the molecule is C/C=C(\CN)C1CCC(/C(=C/CC(C)C2=C3C=CC=CC3C(C3=CC=C(C/C=C\CN)CC3)CC2)CNC2C=CCCC2)=CN1. The number of nitrogens with one attached hydrogen (secondary N) is 2. The first-order valence-corrected chi connectivity index (χ1v) is 17.8. The van der Waals surface area contributed by atoms with Crippen molar-refractivity contribution in [1.29, 1.82) is 0 Å². The lowest BCUT2D eigenvalue weighted by molar-refractivity contribution is 0.410. The van der Waals surface area contributed by atoms with Gasteiger partial charge >= 0.3 is 0 Å². The lowest BCUT2D eigenvalue weighted by Crippen LogP contribution is -2.35. The monoisotopic (exact) mass is 606 g/mol. The zero-order chi connectivity index (χ0) is 31.4. The van der Waals surface area contributed by atoms with Crippen molar-refractivity contribution in [2.24, 2.45) is 29.2 Å². The molecule has 0 fully saturated rings. The molecule has 5 unspecified atom stereocenters. The fraction of sp³-hybridized carbons (Fsp3) is 0.512. The molecule has 6 N–H and O–H groups in total. The van der Waals surface area contributed by atoms with E-state index in [1.165, 1.54) is 67.2 Å². The van der Waals surface area contributed by atoms with Gasteiger partial charge in [0.1, 0.15) is 0 Å². The molecule has 0 saturated carbocycles. The molecule has 242 valence electrons. The minimum atomic E-state index is 0.359. The Morgan fingerprint density at radius 1 is 1.04 bits per heavy atom. The Morgan fingerprint density at radius 3 is 2.67 bits per heavy atom. The molecule has 5 aliphatic rings. The van der Waals surface area contributed by atoms with E-state index in [2.05, 4.69) is 104 Å². The van der Waals surface area contributed by atoms with Crippen molar-refractivity contribution in [3.63, 3.8) is 0 Å². The standard InChI is InChI=1S/C41H58N4/c1-3-32(27-43)41-25-22-35(29-45-41)34(28-44-36-12-5-4-6-13-36)19-16-30(2)37-23-24-38(40-15-8-7-14-39(37)40)33-20-17-31(18-21-33)11-9-10-26-42/h3,5,7-10,12,14-15,17,19-20,29-30,36,38,40-41,44-45H,4,6,11,13,16,18,21-28,42-43H2,1-2H3/b10-9-,32-3+,34-19+. The molecule has 5 rings (SSSR count). The molecule has 45 heavy (non-hydrogen) atoms. The van der Waals surface area contributed by atoms with E-state index in [0.29, 0.717) is 42.9 Å². The van der Waals surface area contributed by atoms with Crippen molar-refractivity contribution in [1.82, 2.24) is 10.6 Å². The summed E-state index contributed by atoms with van der Waals surface area (Å²) in [6.07, 6.45) is 43.2. The fourth-order valence-electron chi connectivity index (χ4n) is 7.98. The van der Waals surface area contributed by atoms with Gasteiger partial charge in [0.05, 0.1) is 0 Å². The summed E-state index contributed by atoms with van der Waals surface area (Å²) >= 11 is 0. The van der Waals surface area contributed by atoms with Gasteiger partial charge in [-0.1, -0.05) is 96.6 Å². The molecule has 0 aromatic carbocycles. The minimum absolute atomic E-state index is 0.359. The van der Waals surface area contributed by atoms with Crippen LogP contribution in [0.5, 0.6) is 0 Å².